The van der Waals surface area contributed by atoms with E-state index in [1.54, 1.807) is 18.2 Å². The predicted molar refractivity (Wildman–Crippen MR) is 76.5 cm³/mol. The van der Waals surface area contributed by atoms with Gasteiger partial charge in [-0.3, -0.25) is 10.1 Å². The van der Waals surface area contributed by atoms with Gasteiger partial charge in [0.05, 0.1) is 22.2 Å². The second-order valence-corrected chi connectivity index (χ2v) is 4.51. The van der Waals surface area contributed by atoms with Gasteiger partial charge in [-0.15, -0.1) is 0 Å². The summed E-state index contributed by atoms with van der Waals surface area (Å²) in [4.78, 5) is 10.7. The molecule has 2 aromatic carbocycles. The van der Waals surface area contributed by atoms with E-state index in [1.807, 2.05) is 36.4 Å². The molecule has 0 aliphatic carbocycles. The van der Waals surface area contributed by atoms with Crippen LogP contribution in [0.2, 0.25) is 0 Å². The molecule has 1 heterocycles. The van der Waals surface area contributed by atoms with Gasteiger partial charge in [-0.1, -0.05) is 48.5 Å². The summed E-state index contributed by atoms with van der Waals surface area (Å²) in [6.45, 7) is 0. The van der Waals surface area contributed by atoms with E-state index in [9.17, 15) is 10.1 Å². The van der Waals surface area contributed by atoms with Gasteiger partial charge in [0.15, 0.2) is 0 Å². The van der Waals surface area contributed by atoms with E-state index in [2.05, 4.69) is 10.9 Å². The van der Waals surface area contributed by atoms with Crippen LogP contribution in [-0.2, 0) is 0 Å². The summed E-state index contributed by atoms with van der Waals surface area (Å²) in [5.41, 5.74) is 8.88. The number of nitro benzene ring substituents is 1. The number of hydrogen-bond acceptors (Lipinski definition) is 4. The predicted octanol–water partition coefficient (Wildman–Crippen LogP) is 2.78. The van der Waals surface area contributed by atoms with Gasteiger partial charge in [-0.2, -0.15) is 0 Å². The van der Waals surface area contributed by atoms with Crippen LogP contribution in [0, 0.1) is 10.1 Å². The number of hydrazine groups is 1. The molecule has 2 N–H and O–H groups in total. The summed E-state index contributed by atoms with van der Waals surface area (Å²) in [6, 6.07) is 16.4. The SMILES string of the molecule is O=[N+]([O-])c1ccccc1C1C=C(c2ccccc2)NN1. The third kappa shape index (κ3) is 2.26. The molecule has 5 heteroatoms. The molecule has 2 aromatic rings. The maximum absolute atomic E-state index is 11.1. The highest BCUT2D eigenvalue weighted by Crippen LogP contribution is 2.29. The van der Waals surface area contributed by atoms with Gasteiger partial charge in [0.2, 0.25) is 0 Å². The Hall–Kier alpha value is -2.66. The van der Waals surface area contributed by atoms with E-state index >= 15 is 0 Å². The van der Waals surface area contributed by atoms with Crippen LogP contribution in [0.5, 0.6) is 0 Å². The minimum absolute atomic E-state index is 0.123. The maximum Gasteiger partial charge on any atom is 0.274 e. The second-order valence-electron chi connectivity index (χ2n) is 4.51. The van der Waals surface area contributed by atoms with Crippen molar-refractivity contribution in [3.8, 4) is 0 Å². The lowest BCUT2D eigenvalue weighted by atomic mass is 10.0. The van der Waals surface area contributed by atoms with Gasteiger partial charge in [-0.25, -0.2) is 5.43 Å². The minimum Gasteiger partial charge on any atom is -0.320 e. The normalized spacial score (nSPS) is 17.4. The van der Waals surface area contributed by atoms with Gasteiger partial charge in [-0.05, 0) is 11.6 Å². The van der Waals surface area contributed by atoms with Crippen molar-refractivity contribution >= 4 is 11.4 Å². The molecule has 1 atom stereocenters. The Morgan fingerprint density at radius 3 is 2.45 bits per heavy atom. The van der Waals surface area contributed by atoms with Crippen LogP contribution >= 0.6 is 0 Å². The smallest absolute Gasteiger partial charge is 0.274 e. The highest BCUT2D eigenvalue weighted by atomic mass is 16.6. The zero-order valence-electron chi connectivity index (χ0n) is 10.6. The van der Waals surface area contributed by atoms with Crippen LogP contribution in [0.25, 0.3) is 5.70 Å². The molecule has 0 fully saturated rings. The lowest BCUT2D eigenvalue weighted by molar-refractivity contribution is -0.385. The molecule has 1 aliphatic rings. The van der Waals surface area contributed by atoms with Crippen molar-refractivity contribution in [2.75, 3.05) is 0 Å². The molecule has 100 valence electrons. The van der Waals surface area contributed by atoms with E-state index in [0.29, 0.717) is 5.56 Å². The molecule has 0 spiro atoms. The first kappa shape index (κ1) is 12.4. The Morgan fingerprint density at radius 1 is 1.00 bits per heavy atom. The largest absolute Gasteiger partial charge is 0.320 e. The Bertz CT molecular complexity index is 668. The number of rotatable bonds is 3. The molecule has 3 rings (SSSR count). The fraction of sp³-hybridized carbons (Fsp3) is 0.0667. The summed E-state index contributed by atoms with van der Waals surface area (Å²) in [7, 11) is 0. The number of nitrogens with zero attached hydrogens (tertiary/aromatic N) is 1. The highest BCUT2D eigenvalue weighted by Gasteiger charge is 2.24. The van der Waals surface area contributed by atoms with Crippen LogP contribution in [-0.4, -0.2) is 4.92 Å². The van der Waals surface area contributed by atoms with Gasteiger partial charge in [0.1, 0.15) is 0 Å². The van der Waals surface area contributed by atoms with Crippen LogP contribution < -0.4 is 10.9 Å². The number of para-hydroxylation sites is 1. The highest BCUT2D eigenvalue weighted by molar-refractivity contribution is 5.67. The molecule has 0 saturated heterocycles. The number of nitro groups is 1. The van der Waals surface area contributed by atoms with Crippen molar-refractivity contribution in [2.45, 2.75) is 6.04 Å². The molecule has 0 aromatic heterocycles. The van der Waals surface area contributed by atoms with Crippen molar-refractivity contribution in [3.05, 3.63) is 81.9 Å². The molecule has 0 bridgehead atoms. The van der Waals surface area contributed by atoms with Crippen molar-refractivity contribution in [1.82, 2.24) is 10.9 Å². The maximum atomic E-state index is 11.1. The van der Waals surface area contributed by atoms with Crippen LogP contribution in [0.1, 0.15) is 17.2 Å². The molecule has 0 radical (unpaired) electrons. The molecule has 1 unspecified atom stereocenters. The third-order valence-electron chi connectivity index (χ3n) is 3.25. The molecular weight excluding hydrogens is 254 g/mol. The molecule has 0 saturated carbocycles. The average Bonchev–Trinajstić information content (AvgIpc) is 2.98. The monoisotopic (exact) mass is 267 g/mol. The fourth-order valence-electron chi connectivity index (χ4n) is 2.28. The van der Waals surface area contributed by atoms with Gasteiger partial charge in [0, 0.05) is 6.07 Å². The first-order chi connectivity index (χ1) is 9.75. The number of hydrogen-bond donors (Lipinski definition) is 2. The average molecular weight is 267 g/mol. The summed E-state index contributed by atoms with van der Waals surface area (Å²) in [6.07, 6.45) is 1.96. The Kier molecular flexibility index (Phi) is 3.18. The second kappa shape index (κ2) is 5.14. The molecule has 0 amide bonds. The topological polar surface area (TPSA) is 67.2 Å². The van der Waals surface area contributed by atoms with Crippen molar-refractivity contribution in [2.24, 2.45) is 0 Å². The van der Waals surface area contributed by atoms with E-state index in [-0.39, 0.29) is 16.7 Å². The van der Waals surface area contributed by atoms with Gasteiger partial charge >= 0.3 is 0 Å². The first-order valence-electron chi connectivity index (χ1n) is 6.28. The molecule has 1 aliphatic heterocycles. The van der Waals surface area contributed by atoms with Crippen LogP contribution in [0.4, 0.5) is 5.69 Å². The minimum atomic E-state index is -0.356. The molecule has 20 heavy (non-hydrogen) atoms. The number of nitrogens with one attached hydrogen (secondary N) is 2. The van der Waals surface area contributed by atoms with Crippen molar-refractivity contribution in [1.29, 1.82) is 0 Å². The molecule has 5 nitrogen and oxygen atoms in total. The van der Waals surface area contributed by atoms with Crippen molar-refractivity contribution in [3.63, 3.8) is 0 Å². The zero-order chi connectivity index (χ0) is 13.9. The van der Waals surface area contributed by atoms with E-state index in [4.69, 9.17) is 0 Å². The molecular formula is C15H13N3O2. The standard InChI is InChI=1S/C15H13N3O2/c19-18(20)15-9-5-4-8-12(15)14-10-13(16-17-14)11-6-2-1-3-7-11/h1-10,14,16-17H. The zero-order valence-corrected chi connectivity index (χ0v) is 10.6. The summed E-state index contributed by atoms with van der Waals surface area (Å²) >= 11 is 0. The Morgan fingerprint density at radius 2 is 1.70 bits per heavy atom. The summed E-state index contributed by atoms with van der Waals surface area (Å²) < 4.78 is 0. The third-order valence-corrected chi connectivity index (χ3v) is 3.25. The van der Waals surface area contributed by atoms with Crippen molar-refractivity contribution < 1.29 is 4.92 Å². The van der Waals surface area contributed by atoms with E-state index in [1.165, 1.54) is 6.07 Å². The van der Waals surface area contributed by atoms with Crippen LogP contribution in [0.3, 0.4) is 0 Å². The quantitative estimate of drug-likeness (QED) is 0.663. The Labute approximate surface area is 116 Å². The van der Waals surface area contributed by atoms with Crippen LogP contribution in [0.15, 0.2) is 60.7 Å². The lowest BCUT2D eigenvalue weighted by Crippen LogP contribution is -2.26. The lowest BCUT2D eigenvalue weighted by Gasteiger charge is -2.09. The summed E-state index contributed by atoms with van der Waals surface area (Å²) in [5.74, 6) is 0. The summed E-state index contributed by atoms with van der Waals surface area (Å²) in [5, 5.41) is 11.1. The van der Waals surface area contributed by atoms with E-state index in [0.717, 1.165) is 11.3 Å². The first-order valence-corrected chi connectivity index (χ1v) is 6.28. The van der Waals surface area contributed by atoms with Gasteiger partial charge < -0.3 is 5.43 Å². The van der Waals surface area contributed by atoms with Gasteiger partial charge in [0.25, 0.3) is 5.69 Å². The Balaban J connectivity index is 1.94. The fourth-order valence-corrected chi connectivity index (χ4v) is 2.28. The van der Waals surface area contributed by atoms with E-state index < -0.39 is 0 Å². The number of benzene rings is 2.